The topological polar surface area (TPSA) is 9.23 Å². The molecule has 0 saturated heterocycles. The molecule has 2 rings (SSSR count). The Morgan fingerprint density at radius 2 is 1.53 bits per heavy atom. The highest BCUT2D eigenvalue weighted by atomic mass is 16.5. The van der Waals surface area contributed by atoms with Gasteiger partial charge in [-0.2, -0.15) is 0 Å². The predicted octanol–water partition coefficient (Wildman–Crippen LogP) is 4.86. The summed E-state index contributed by atoms with van der Waals surface area (Å²) in [5, 5.41) is 0. The van der Waals surface area contributed by atoms with E-state index in [-0.39, 0.29) is 0 Å². The Kier molecular flexibility index (Phi) is 5.49. The second-order valence-corrected chi connectivity index (χ2v) is 4.68. The third-order valence-electron chi connectivity index (χ3n) is 3.03. The van der Waals surface area contributed by atoms with Crippen molar-refractivity contribution in [3.05, 3.63) is 72.1 Å². The third kappa shape index (κ3) is 4.78. The molecule has 0 heterocycles. The van der Waals surface area contributed by atoms with E-state index in [1.807, 2.05) is 18.2 Å². The van der Waals surface area contributed by atoms with Crippen molar-refractivity contribution in [1.29, 1.82) is 0 Å². The first-order valence-electron chi connectivity index (χ1n) is 7.01. The molecule has 1 radical (unpaired) electrons. The summed E-state index contributed by atoms with van der Waals surface area (Å²) in [6.07, 6.45) is 5.77. The van der Waals surface area contributed by atoms with Crippen molar-refractivity contribution < 1.29 is 4.74 Å². The van der Waals surface area contributed by atoms with Crippen LogP contribution < -0.4 is 4.74 Å². The molecule has 0 bridgehead atoms. The lowest BCUT2D eigenvalue weighted by Gasteiger charge is -2.07. The maximum atomic E-state index is 5.70. The zero-order chi connectivity index (χ0) is 13.3. The van der Waals surface area contributed by atoms with Gasteiger partial charge in [0.25, 0.3) is 0 Å². The minimum Gasteiger partial charge on any atom is -0.494 e. The van der Waals surface area contributed by atoms with Crippen LogP contribution in [0, 0.1) is 6.42 Å². The average Bonchev–Trinajstić information content (AvgIpc) is 2.46. The molecule has 19 heavy (non-hydrogen) atoms. The lowest BCUT2D eigenvalue weighted by molar-refractivity contribution is 0.306. The molecule has 0 atom stereocenters. The molecular formula is C18H21O. The lowest BCUT2D eigenvalue weighted by atomic mass is 10.1. The van der Waals surface area contributed by atoms with Crippen LogP contribution in [-0.2, 0) is 0 Å². The zero-order valence-corrected chi connectivity index (χ0v) is 11.5. The second kappa shape index (κ2) is 7.63. The summed E-state index contributed by atoms with van der Waals surface area (Å²) in [5.41, 5.74) is 2.42. The van der Waals surface area contributed by atoms with Gasteiger partial charge in [-0.3, -0.25) is 0 Å². The summed E-state index contributed by atoms with van der Waals surface area (Å²) in [6, 6.07) is 18.6. The monoisotopic (exact) mass is 253 g/mol. The molecular weight excluding hydrogens is 232 g/mol. The third-order valence-corrected chi connectivity index (χ3v) is 3.03. The summed E-state index contributed by atoms with van der Waals surface area (Å²) < 4.78 is 5.70. The van der Waals surface area contributed by atoms with Gasteiger partial charge in [0, 0.05) is 6.42 Å². The largest absolute Gasteiger partial charge is 0.494 e. The minimum absolute atomic E-state index is 0.815. The molecule has 0 aliphatic rings. The molecule has 2 aromatic carbocycles. The van der Waals surface area contributed by atoms with Gasteiger partial charge in [0.05, 0.1) is 6.61 Å². The van der Waals surface area contributed by atoms with Gasteiger partial charge in [0.2, 0.25) is 0 Å². The van der Waals surface area contributed by atoms with Crippen LogP contribution in [0.25, 0.3) is 0 Å². The highest BCUT2D eigenvalue weighted by Gasteiger charge is 1.98. The van der Waals surface area contributed by atoms with Crippen molar-refractivity contribution in [3.8, 4) is 5.75 Å². The highest BCUT2D eigenvalue weighted by molar-refractivity contribution is 5.39. The van der Waals surface area contributed by atoms with Gasteiger partial charge in [0.1, 0.15) is 5.75 Å². The zero-order valence-electron chi connectivity index (χ0n) is 11.5. The predicted molar refractivity (Wildman–Crippen MR) is 80.4 cm³/mol. The van der Waals surface area contributed by atoms with E-state index in [1.54, 1.807) is 0 Å². The maximum absolute atomic E-state index is 5.70. The van der Waals surface area contributed by atoms with E-state index in [2.05, 4.69) is 49.7 Å². The molecule has 0 aliphatic carbocycles. The first kappa shape index (κ1) is 13.7. The number of benzene rings is 2. The van der Waals surface area contributed by atoms with Gasteiger partial charge < -0.3 is 4.74 Å². The molecule has 0 amide bonds. The van der Waals surface area contributed by atoms with Crippen LogP contribution in [0.4, 0.5) is 0 Å². The minimum atomic E-state index is 0.815. The van der Waals surface area contributed by atoms with Crippen LogP contribution in [0.1, 0.15) is 37.3 Å². The lowest BCUT2D eigenvalue weighted by Crippen LogP contribution is -1.96. The van der Waals surface area contributed by atoms with Gasteiger partial charge in [-0.25, -0.2) is 0 Å². The fraction of sp³-hybridized carbons (Fsp3) is 0.278. The summed E-state index contributed by atoms with van der Waals surface area (Å²) >= 11 is 0. The van der Waals surface area contributed by atoms with E-state index in [0.29, 0.717) is 0 Å². The van der Waals surface area contributed by atoms with E-state index >= 15 is 0 Å². The van der Waals surface area contributed by atoms with Crippen molar-refractivity contribution in [3.63, 3.8) is 0 Å². The van der Waals surface area contributed by atoms with Crippen LogP contribution in [0.5, 0.6) is 5.75 Å². The van der Waals surface area contributed by atoms with Gasteiger partial charge in [-0.1, -0.05) is 62.2 Å². The molecule has 0 spiro atoms. The summed E-state index contributed by atoms with van der Waals surface area (Å²) in [6.45, 7) is 3.02. The summed E-state index contributed by atoms with van der Waals surface area (Å²) in [5.74, 6) is 0.960. The number of hydrogen-bond donors (Lipinski definition) is 0. The molecule has 0 N–H and O–H groups in total. The fourth-order valence-electron chi connectivity index (χ4n) is 1.94. The van der Waals surface area contributed by atoms with Gasteiger partial charge >= 0.3 is 0 Å². The van der Waals surface area contributed by atoms with Crippen molar-refractivity contribution in [2.75, 3.05) is 6.61 Å². The normalized spacial score (nSPS) is 10.4. The first-order chi connectivity index (χ1) is 9.38. The Hall–Kier alpha value is -1.76. The molecule has 99 valence electrons. The molecule has 0 aromatic heterocycles. The standard InChI is InChI=1S/C18H21O/c1-2-3-7-14-19-18-12-10-17(11-13-18)15-16-8-5-4-6-9-16/h4-6,8-13,15H,2-3,7,14H2,1H3. The van der Waals surface area contributed by atoms with Crippen molar-refractivity contribution in [2.45, 2.75) is 26.2 Å². The van der Waals surface area contributed by atoms with Crippen molar-refractivity contribution in [2.24, 2.45) is 0 Å². The number of hydrogen-bond acceptors (Lipinski definition) is 1. The average molecular weight is 253 g/mol. The van der Waals surface area contributed by atoms with Crippen molar-refractivity contribution >= 4 is 0 Å². The van der Waals surface area contributed by atoms with Crippen molar-refractivity contribution in [1.82, 2.24) is 0 Å². The molecule has 2 aromatic rings. The molecule has 0 aliphatic heterocycles. The van der Waals surface area contributed by atoms with E-state index < -0.39 is 0 Å². The molecule has 0 unspecified atom stereocenters. The van der Waals surface area contributed by atoms with E-state index in [9.17, 15) is 0 Å². The number of ether oxygens (including phenoxy) is 1. The summed E-state index contributed by atoms with van der Waals surface area (Å²) in [7, 11) is 0. The van der Waals surface area contributed by atoms with Crippen LogP contribution in [-0.4, -0.2) is 6.61 Å². The highest BCUT2D eigenvalue weighted by Crippen LogP contribution is 2.16. The fourth-order valence-corrected chi connectivity index (χ4v) is 1.94. The molecule has 0 saturated carbocycles. The van der Waals surface area contributed by atoms with Gasteiger partial charge in [-0.15, -0.1) is 0 Å². The maximum Gasteiger partial charge on any atom is 0.119 e. The van der Waals surface area contributed by atoms with Crippen LogP contribution in [0.15, 0.2) is 54.6 Å². The smallest absolute Gasteiger partial charge is 0.119 e. The van der Waals surface area contributed by atoms with E-state index in [0.717, 1.165) is 18.8 Å². The van der Waals surface area contributed by atoms with Gasteiger partial charge in [0.15, 0.2) is 0 Å². The Labute approximate surface area is 116 Å². The molecule has 1 heteroatoms. The first-order valence-corrected chi connectivity index (χ1v) is 7.01. The Morgan fingerprint density at radius 3 is 2.21 bits per heavy atom. The Balaban J connectivity index is 1.84. The number of rotatable bonds is 7. The molecule has 0 fully saturated rings. The van der Waals surface area contributed by atoms with E-state index in [1.165, 1.54) is 24.0 Å². The summed E-state index contributed by atoms with van der Waals surface area (Å²) in [4.78, 5) is 0. The SMILES string of the molecule is CCCCCOc1ccc([CH]c2ccccc2)cc1. The van der Waals surface area contributed by atoms with Crippen LogP contribution >= 0.6 is 0 Å². The number of unbranched alkanes of at least 4 members (excludes halogenated alkanes) is 2. The van der Waals surface area contributed by atoms with Crippen LogP contribution in [0.3, 0.4) is 0 Å². The Bertz CT molecular complexity index is 459. The van der Waals surface area contributed by atoms with Crippen LogP contribution in [0.2, 0.25) is 0 Å². The Morgan fingerprint density at radius 1 is 0.842 bits per heavy atom. The van der Waals surface area contributed by atoms with Gasteiger partial charge in [-0.05, 0) is 29.7 Å². The molecule has 1 nitrogen and oxygen atoms in total. The quantitative estimate of drug-likeness (QED) is 0.640. The van der Waals surface area contributed by atoms with E-state index in [4.69, 9.17) is 4.74 Å². The second-order valence-electron chi connectivity index (χ2n) is 4.68.